The maximum atomic E-state index is 13.5. The number of rotatable bonds is 11. The molecular formula is C32H32N4O3S. The van der Waals surface area contributed by atoms with Crippen LogP contribution in [0.5, 0.6) is 5.75 Å². The van der Waals surface area contributed by atoms with E-state index in [4.69, 9.17) is 4.74 Å². The summed E-state index contributed by atoms with van der Waals surface area (Å²) in [6.07, 6.45) is 2.05. The van der Waals surface area contributed by atoms with Gasteiger partial charge in [-0.1, -0.05) is 73.6 Å². The van der Waals surface area contributed by atoms with Gasteiger partial charge in [-0.3, -0.25) is 9.59 Å². The predicted molar refractivity (Wildman–Crippen MR) is 161 cm³/mol. The second-order valence-corrected chi connectivity index (χ2v) is 10.2. The van der Waals surface area contributed by atoms with Crippen LogP contribution in [0.4, 0.5) is 11.4 Å². The number of hydrogen-bond donors (Lipinski definition) is 3. The first-order valence-corrected chi connectivity index (χ1v) is 14.2. The van der Waals surface area contributed by atoms with Crippen molar-refractivity contribution >= 4 is 35.0 Å². The summed E-state index contributed by atoms with van der Waals surface area (Å²) in [5.41, 5.74) is 3.63. The highest BCUT2D eigenvalue weighted by molar-refractivity contribution is 8.03. The second kappa shape index (κ2) is 14.1. The van der Waals surface area contributed by atoms with Crippen LogP contribution in [-0.4, -0.2) is 24.2 Å². The number of amides is 2. The Morgan fingerprint density at radius 1 is 0.950 bits per heavy atom. The van der Waals surface area contributed by atoms with E-state index in [0.717, 1.165) is 24.2 Å². The van der Waals surface area contributed by atoms with Gasteiger partial charge in [-0.25, -0.2) is 0 Å². The monoisotopic (exact) mass is 552 g/mol. The number of hydrogen-bond acceptors (Lipinski definition) is 6. The van der Waals surface area contributed by atoms with Gasteiger partial charge in [0.1, 0.15) is 5.75 Å². The number of benzene rings is 3. The number of dihydropyridines is 1. The first-order chi connectivity index (χ1) is 19.5. The fraction of sp³-hybridized carbons (Fsp3) is 0.219. The van der Waals surface area contributed by atoms with Gasteiger partial charge in [0, 0.05) is 22.6 Å². The molecule has 7 nitrogen and oxygen atoms in total. The number of thioether (sulfide) groups is 1. The summed E-state index contributed by atoms with van der Waals surface area (Å²) >= 11 is 1.24. The third kappa shape index (κ3) is 7.33. The van der Waals surface area contributed by atoms with Gasteiger partial charge < -0.3 is 20.7 Å². The van der Waals surface area contributed by atoms with E-state index in [1.165, 1.54) is 11.8 Å². The molecule has 40 heavy (non-hydrogen) atoms. The van der Waals surface area contributed by atoms with Gasteiger partial charge in [0.15, 0.2) is 0 Å². The van der Waals surface area contributed by atoms with Crippen molar-refractivity contribution in [2.24, 2.45) is 0 Å². The molecule has 1 unspecified atom stereocenters. The van der Waals surface area contributed by atoms with E-state index in [1.54, 1.807) is 12.1 Å². The Hall–Kier alpha value is -4.48. The van der Waals surface area contributed by atoms with E-state index < -0.39 is 5.92 Å². The third-order valence-electron chi connectivity index (χ3n) is 6.31. The summed E-state index contributed by atoms with van der Waals surface area (Å²) in [4.78, 5) is 26.3. The van der Waals surface area contributed by atoms with Gasteiger partial charge in [0.25, 0.3) is 5.91 Å². The zero-order chi connectivity index (χ0) is 28.3. The summed E-state index contributed by atoms with van der Waals surface area (Å²) < 4.78 is 5.68. The molecule has 204 valence electrons. The summed E-state index contributed by atoms with van der Waals surface area (Å²) in [5, 5.41) is 19.9. The molecule has 3 N–H and O–H groups in total. The fourth-order valence-corrected chi connectivity index (χ4v) is 5.22. The molecule has 3 aromatic rings. The summed E-state index contributed by atoms with van der Waals surface area (Å²) in [7, 11) is 0. The lowest BCUT2D eigenvalue weighted by Gasteiger charge is -2.29. The molecule has 1 heterocycles. The van der Waals surface area contributed by atoms with Crippen molar-refractivity contribution in [3.05, 3.63) is 112 Å². The summed E-state index contributed by atoms with van der Waals surface area (Å²) in [6, 6.07) is 28.3. The van der Waals surface area contributed by atoms with Gasteiger partial charge in [-0.05, 0) is 55.3 Å². The highest BCUT2D eigenvalue weighted by Crippen LogP contribution is 2.41. The van der Waals surface area contributed by atoms with Gasteiger partial charge in [0.05, 0.1) is 34.9 Å². The van der Waals surface area contributed by atoms with Crippen LogP contribution in [0.2, 0.25) is 0 Å². The van der Waals surface area contributed by atoms with Crippen molar-refractivity contribution in [1.82, 2.24) is 5.32 Å². The van der Waals surface area contributed by atoms with Crippen LogP contribution >= 0.6 is 11.8 Å². The van der Waals surface area contributed by atoms with Crippen LogP contribution in [0.25, 0.3) is 0 Å². The standard InChI is InChI=1S/C32H32N4O3S/c1-3-4-19-39-26-17-15-25(16-18-26)35-28(37)21-40-32-27(20-33)30(23-11-7-5-8-12-23)29(22(2)34-32)31(38)36-24-13-9-6-10-14-24/h5-18,30,34H,3-4,19,21H2,1-2H3,(H,35,37)(H,36,38). The van der Waals surface area contributed by atoms with Crippen molar-refractivity contribution < 1.29 is 14.3 Å². The van der Waals surface area contributed by atoms with E-state index in [2.05, 4.69) is 28.9 Å². The lowest BCUT2D eigenvalue weighted by molar-refractivity contribution is -0.114. The van der Waals surface area contributed by atoms with Crippen LogP contribution in [-0.2, 0) is 9.59 Å². The number of unbranched alkanes of at least 4 members (excludes halogenated alkanes) is 1. The van der Waals surface area contributed by atoms with E-state index in [1.807, 2.05) is 79.7 Å². The van der Waals surface area contributed by atoms with Gasteiger partial charge in [-0.2, -0.15) is 5.26 Å². The molecule has 4 rings (SSSR count). The quantitative estimate of drug-likeness (QED) is 0.233. The molecule has 1 aliphatic rings. The topological polar surface area (TPSA) is 103 Å². The molecule has 8 heteroatoms. The molecule has 2 amide bonds. The molecular weight excluding hydrogens is 520 g/mol. The van der Waals surface area contributed by atoms with Gasteiger partial charge in [0.2, 0.25) is 5.91 Å². The molecule has 3 aromatic carbocycles. The number of carbonyl (C=O) groups excluding carboxylic acids is 2. The number of nitriles is 1. The fourth-order valence-electron chi connectivity index (χ4n) is 4.33. The Morgan fingerprint density at radius 3 is 2.25 bits per heavy atom. The number of nitrogens with one attached hydrogen (secondary N) is 3. The maximum absolute atomic E-state index is 13.5. The Bertz CT molecular complexity index is 1430. The highest BCUT2D eigenvalue weighted by atomic mass is 32.2. The van der Waals surface area contributed by atoms with E-state index in [-0.39, 0.29) is 17.6 Å². The normalized spacial score (nSPS) is 14.7. The molecule has 0 saturated heterocycles. The summed E-state index contributed by atoms with van der Waals surface area (Å²) in [5.74, 6) is -0.231. The van der Waals surface area contributed by atoms with Gasteiger partial charge >= 0.3 is 0 Å². The summed E-state index contributed by atoms with van der Waals surface area (Å²) in [6.45, 7) is 4.59. The second-order valence-electron chi connectivity index (χ2n) is 9.25. The number of anilines is 2. The minimum Gasteiger partial charge on any atom is -0.494 e. The van der Waals surface area contributed by atoms with Crippen molar-refractivity contribution in [3.8, 4) is 11.8 Å². The lowest BCUT2D eigenvalue weighted by atomic mass is 9.82. The van der Waals surface area contributed by atoms with Crippen molar-refractivity contribution in [2.75, 3.05) is 23.0 Å². The van der Waals surface area contributed by atoms with Crippen LogP contribution in [0.1, 0.15) is 38.2 Å². The molecule has 0 radical (unpaired) electrons. The maximum Gasteiger partial charge on any atom is 0.254 e. The number of ether oxygens (including phenoxy) is 1. The van der Waals surface area contributed by atoms with E-state index in [0.29, 0.717) is 39.9 Å². The first kappa shape index (κ1) is 28.5. The Labute approximate surface area is 239 Å². The van der Waals surface area contributed by atoms with Crippen LogP contribution < -0.4 is 20.7 Å². The smallest absolute Gasteiger partial charge is 0.254 e. The molecule has 0 bridgehead atoms. The van der Waals surface area contributed by atoms with E-state index >= 15 is 0 Å². The Morgan fingerprint density at radius 2 is 1.60 bits per heavy atom. The largest absolute Gasteiger partial charge is 0.494 e. The number of carbonyl (C=O) groups is 2. The predicted octanol–water partition coefficient (Wildman–Crippen LogP) is 6.57. The van der Waals surface area contributed by atoms with Gasteiger partial charge in [-0.15, -0.1) is 0 Å². The average molecular weight is 553 g/mol. The average Bonchev–Trinajstić information content (AvgIpc) is 2.97. The molecule has 0 aromatic heterocycles. The molecule has 0 saturated carbocycles. The first-order valence-electron chi connectivity index (χ1n) is 13.2. The molecule has 1 aliphatic heterocycles. The number of allylic oxidation sites excluding steroid dienone is 2. The van der Waals surface area contributed by atoms with Crippen molar-refractivity contribution in [1.29, 1.82) is 5.26 Å². The van der Waals surface area contributed by atoms with Crippen molar-refractivity contribution in [3.63, 3.8) is 0 Å². The zero-order valence-electron chi connectivity index (χ0n) is 22.6. The van der Waals surface area contributed by atoms with Crippen LogP contribution in [0.15, 0.2) is 107 Å². The number of nitrogens with zero attached hydrogens (tertiary/aromatic N) is 1. The van der Waals surface area contributed by atoms with Crippen LogP contribution in [0.3, 0.4) is 0 Å². The SMILES string of the molecule is CCCCOc1ccc(NC(=O)CSC2=C(C#N)C(c3ccccc3)C(C(=O)Nc3ccccc3)=C(C)N2)cc1. The Kier molecular flexibility index (Phi) is 10.0. The van der Waals surface area contributed by atoms with E-state index in [9.17, 15) is 14.9 Å². The molecule has 0 fully saturated rings. The number of para-hydroxylation sites is 1. The van der Waals surface area contributed by atoms with Crippen LogP contribution in [0, 0.1) is 11.3 Å². The third-order valence-corrected chi connectivity index (χ3v) is 7.33. The minimum atomic E-state index is -0.582. The highest BCUT2D eigenvalue weighted by Gasteiger charge is 2.34. The Balaban J connectivity index is 1.50. The lowest BCUT2D eigenvalue weighted by Crippen LogP contribution is -2.31. The van der Waals surface area contributed by atoms with Crippen molar-refractivity contribution in [2.45, 2.75) is 32.6 Å². The molecule has 1 atom stereocenters. The molecule has 0 aliphatic carbocycles. The zero-order valence-corrected chi connectivity index (χ0v) is 23.4. The minimum absolute atomic E-state index is 0.0859. The molecule has 0 spiro atoms.